The number of nitrogens with one attached hydrogen (secondary N) is 2. The fraction of sp³-hybridized carbons (Fsp3) is 0.480. The number of hydrogen-bond acceptors (Lipinski definition) is 14. The average molecular weight is 903 g/mol. The number of nitrogens with zero attached hydrogens (tertiary/aromatic N) is 7. The maximum Gasteiger partial charge on any atom is 0.407 e. The van der Waals surface area contributed by atoms with Crippen LogP contribution in [-0.4, -0.2) is 115 Å². The van der Waals surface area contributed by atoms with Crippen molar-refractivity contribution in [1.82, 2.24) is 35.6 Å². The summed E-state index contributed by atoms with van der Waals surface area (Å²) < 4.78 is 16.8. The molecule has 4 N–H and O–H groups in total. The standard InChI is InChI=1S/C50H66N10O4S/c1-35-47(65-33-53-35)37-16-17-38(32-63-49(61)54-50(2,3)4)44(28-37)60(40-10-8-11-40)22-9-21-57-24-26-58(27-25-57)39-18-14-36(15-19-39)31-59-23-20-52-30-45(59)42-29-43(55-56-48(42)51)41-12-6-7-13-46(41)64-34-62-5/h6-7,12-19,28-29,33,40,45,52H,8-11,20-27,30-32,34H2,1-5H3,(H2,51,56)(H,54,61). The van der Waals surface area contributed by atoms with Gasteiger partial charge in [-0.25, -0.2) is 9.78 Å². The van der Waals surface area contributed by atoms with Crippen molar-refractivity contribution in [3.8, 4) is 27.4 Å². The molecule has 3 aromatic carbocycles. The van der Waals surface area contributed by atoms with E-state index in [1.54, 1.807) is 18.4 Å². The van der Waals surface area contributed by atoms with E-state index in [-0.39, 0.29) is 25.0 Å². The van der Waals surface area contributed by atoms with Crippen molar-refractivity contribution in [3.05, 3.63) is 101 Å². The first kappa shape index (κ1) is 46.2. The number of benzene rings is 3. The lowest BCUT2D eigenvalue weighted by molar-refractivity contribution is 0.0515. The summed E-state index contributed by atoms with van der Waals surface area (Å²) >= 11 is 1.67. The molecule has 2 saturated heterocycles. The predicted molar refractivity (Wildman–Crippen MR) is 260 cm³/mol. The molecule has 3 aliphatic rings. The molecule has 2 aliphatic heterocycles. The van der Waals surface area contributed by atoms with Gasteiger partial charge in [-0.15, -0.1) is 21.5 Å². The molecule has 14 nitrogen and oxygen atoms in total. The summed E-state index contributed by atoms with van der Waals surface area (Å²) in [6.07, 6.45) is 4.28. The van der Waals surface area contributed by atoms with Crippen molar-refractivity contribution in [2.75, 3.05) is 88.3 Å². The number of nitrogen functional groups attached to an aromatic ring is 1. The van der Waals surface area contributed by atoms with Gasteiger partial charge in [0, 0.05) is 106 Å². The first-order valence-corrected chi connectivity index (χ1v) is 24.0. The Morgan fingerprint density at radius 3 is 2.52 bits per heavy atom. The number of para-hydroxylation sites is 1. The van der Waals surface area contributed by atoms with Crippen LogP contribution in [0.1, 0.15) is 74.9 Å². The van der Waals surface area contributed by atoms with Gasteiger partial charge >= 0.3 is 6.09 Å². The van der Waals surface area contributed by atoms with Gasteiger partial charge in [0.2, 0.25) is 0 Å². The summed E-state index contributed by atoms with van der Waals surface area (Å²) in [5, 5.41) is 15.4. The maximum absolute atomic E-state index is 12.7. The third-order valence-corrected chi connectivity index (χ3v) is 13.7. The number of rotatable bonds is 17. The number of thiazole rings is 1. The molecular formula is C50H66N10O4S. The van der Waals surface area contributed by atoms with E-state index in [0.29, 0.717) is 17.6 Å². The molecule has 4 heterocycles. The van der Waals surface area contributed by atoms with Gasteiger partial charge < -0.3 is 40.4 Å². The normalized spacial score (nSPS) is 17.4. The lowest BCUT2D eigenvalue weighted by Crippen LogP contribution is -2.47. The molecule has 0 radical (unpaired) electrons. The lowest BCUT2D eigenvalue weighted by atomic mass is 9.90. The molecule has 0 bridgehead atoms. The second kappa shape index (κ2) is 21.3. The first-order valence-electron chi connectivity index (χ1n) is 23.1. The lowest BCUT2D eigenvalue weighted by Gasteiger charge is -2.41. The molecule has 1 aliphatic carbocycles. The summed E-state index contributed by atoms with van der Waals surface area (Å²) in [6, 6.07) is 26.1. The molecule has 1 saturated carbocycles. The number of ether oxygens (including phenoxy) is 3. The highest BCUT2D eigenvalue weighted by molar-refractivity contribution is 7.13. The molecule has 65 heavy (non-hydrogen) atoms. The zero-order valence-corrected chi connectivity index (χ0v) is 39.5. The van der Waals surface area contributed by atoms with Crippen LogP contribution in [0.3, 0.4) is 0 Å². The van der Waals surface area contributed by atoms with Gasteiger partial charge in [0.05, 0.1) is 27.8 Å². The smallest absolute Gasteiger partial charge is 0.407 e. The number of piperazine rings is 2. The van der Waals surface area contributed by atoms with E-state index in [1.165, 1.54) is 46.6 Å². The Morgan fingerprint density at radius 2 is 1.80 bits per heavy atom. The summed E-state index contributed by atoms with van der Waals surface area (Å²) in [5.74, 6) is 1.13. The molecule has 2 aromatic heterocycles. The molecule has 1 atom stereocenters. The van der Waals surface area contributed by atoms with Crippen LogP contribution in [0.4, 0.5) is 22.0 Å². The largest absolute Gasteiger partial charge is 0.467 e. The van der Waals surface area contributed by atoms with E-state index in [1.807, 2.05) is 50.5 Å². The zero-order valence-electron chi connectivity index (χ0n) is 38.7. The third-order valence-electron chi connectivity index (χ3n) is 12.7. The van der Waals surface area contributed by atoms with Gasteiger partial charge in [0.15, 0.2) is 12.6 Å². The van der Waals surface area contributed by atoms with Crippen molar-refractivity contribution in [1.29, 1.82) is 0 Å². The van der Waals surface area contributed by atoms with Crippen molar-refractivity contribution in [2.24, 2.45) is 0 Å². The minimum absolute atomic E-state index is 0.0412. The van der Waals surface area contributed by atoms with Crippen LogP contribution < -0.4 is 30.9 Å². The van der Waals surface area contributed by atoms with Gasteiger partial charge in [0.25, 0.3) is 0 Å². The highest BCUT2D eigenvalue weighted by Gasteiger charge is 2.30. The average Bonchev–Trinajstić information content (AvgIpc) is 3.72. The Morgan fingerprint density at radius 1 is 1.00 bits per heavy atom. The Labute approximate surface area is 388 Å². The van der Waals surface area contributed by atoms with Crippen LogP contribution in [0, 0.1) is 6.92 Å². The van der Waals surface area contributed by atoms with Crippen molar-refractivity contribution >= 4 is 34.6 Å². The number of aryl methyl sites for hydroxylation is 1. The van der Waals surface area contributed by atoms with Crippen LogP contribution >= 0.6 is 11.3 Å². The fourth-order valence-electron chi connectivity index (χ4n) is 9.08. The van der Waals surface area contributed by atoms with E-state index >= 15 is 0 Å². The molecule has 5 aromatic rings. The Balaban J connectivity index is 0.870. The number of aromatic nitrogens is 3. The summed E-state index contributed by atoms with van der Waals surface area (Å²) in [7, 11) is 1.61. The monoisotopic (exact) mass is 902 g/mol. The predicted octanol–water partition coefficient (Wildman–Crippen LogP) is 7.88. The SMILES string of the molecule is COCOc1ccccc1-c1cc(C2CNCCN2Cc2ccc(N3CCN(CCCN(c4cc(-c5scnc5C)ccc4COC(=O)NC(C)(C)C)C4CCC4)CC3)cc2)c(N)nn1. The number of alkyl carbamates (subject to hydrolysis) is 1. The van der Waals surface area contributed by atoms with E-state index < -0.39 is 6.09 Å². The molecule has 1 amide bonds. The van der Waals surface area contributed by atoms with Crippen LogP contribution in [0.5, 0.6) is 5.75 Å². The maximum atomic E-state index is 12.7. The van der Waals surface area contributed by atoms with Crippen LogP contribution in [0.25, 0.3) is 21.7 Å². The first-order chi connectivity index (χ1) is 31.5. The van der Waals surface area contributed by atoms with Crippen molar-refractivity contribution < 1.29 is 19.0 Å². The number of nitrogens with two attached hydrogens (primary N) is 1. The zero-order chi connectivity index (χ0) is 45.3. The number of carbonyl (C=O) groups is 1. The minimum atomic E-state index is -0.395. The molecule has 1 unspecified atom stereocenters. The number of amides is 1. The van der Waals surface area contributed by atoms with Gasteiger partial charge in [-0.2, -0.15) is 0 Å². The van der Waals surface area contributed by atoms with E-state index in [2.05, 4.69) is 101 Å². The van der Waals surface area contributed by atoms with Crippen molar-refractivity contribution in [3.63, 3.8) is 0 Å². The Hall–Kier alpha value is -5.32. The molecule has 8 rings (SSSR count). The van der Waals surface area contributed by atoms with Gasteiger partial charge in [0.1, 0.15) is 12.4 Å². The van der Waals surface area contributed by atoms with Crippen LogP contribution in [0.2, 0.25) is 0 Å². The van der Waals surface area contributed by atoms with Crippen LogP contribution in [0.15, 0.2) is 78.3 Å². The molecule has 0 spiro atoms. The summed E-state index contributed by atoms with van der Waals surface area (Å²) in [4.78, 5) is 28.7. The summed E-state index contributed by atoms with van der Waals surface area (Å²) in [5.41, 5.74) is 17.5. The fourth-order valence-corrected chi connectivity index (χ4v) is 9.88. The second-order valence-electron chi connectivity index (χ2n) is 18.5. The van der Waals surface area contributed by atoms with Crippen LogP contribution in [-0.2, 0) is 22.6 Å². The van der Waals surface area contributed by atoms with Gasteiger partial charge in [-0.3, -0.25) is 9.80 Å². The summed E-state index contributed by atoms with van der Waals surface area (Å²) in [6.45, 7) is 17.8. The van der Waals surface area contributed by atoms with E-state index in [0.717, 1.165) is 99.9 Å². The second-order valence-corrected chi connectivity index (χ2v) is 19.4. The topological polar surface area (TPSA) is 146 Å². The number of methoxy groups -OCH3 is 1. The molecule has 3 fully saturated rings. The van der Waals surface area contributed by atoms with Crippen molar-refractivity contribution in [2.45, 2.75) is 84.2 Å². The third kappa shape index (κ3) is 11.7. The number of carbonyl (C=O) groups excluding carboxylic acids is 1. The Kier molecular flexibility index (Phi) is 15.2. The number of anilines is 3. The van der Waals surface area contributed by atoms with E-state index in [9.17, 15) is 4.79 Å². The Bertz CT molecular complexity index is 2340. The highest BCUT2D eigenvalue weighted by atomic mass is 32.1. The van der Waals surface area contributed by atoms with Gasteiger partial charge in [-0.05, 0) is 107 Å². The molecular weight excluding hydrogens is 837 g/mol. The highest BCUT2D eigenvalue weighted by Crippen LogP contribution is 2.38. The molecule has 15 heteroatoms. The minimum Gasteiger partial charge on any atom is -0.467 e. The number of hydrogen-bond donors (Lipinski definition) is 3. The van der Waals surface area contributed by atoms with Gasteiger partial charge in [-0.1, -0.05) is 36.4 Å². The molecule has 346 valence electrons. The van der Waals surface area contributed by atoms with E-state index in [4.69, 9.17) is 19.9 Å². The quantitative estimate of drug-likeness (QED) is 0.0779.